The van der Waals surface area contributed by atoms with E-state index in [2.05, 4.69) is 5.32 Å². The Morgan fingerprint density at radius 2 is 1.83 bits per heavy atom. The molecular formula is C20H23NO3. The lowest BCUT2D eigenvalue weighted by Gasteiger charge is -2.21. The number of rotatable bonds is 7. The van der Waals surface area contributed by atoms with Crippen molar-refractivity contribution in [3.63, 3.8) is 0 Å². The Labute approximate surface area is 142 Å². The Bertz CT molecular complexity index is 624. The SMILES string of the molecule is O=C(N[C@H](COCc1ccccc1)c1ccccc1)[C@@H]1CCOC1. The number of hydrogen-bond donors (Lipinski definition) is 1. The van der Waals surface area contributed by atoms with Crippen molar-refractivity contribution < 1.29 is 14.3 Å². The molecule has 126 valence electrons. The fourth-order valence-corrected chi connectivity index (χ4v) is 2.81. The van der Waals surface area contributed by atoms with Gasteiger partial charge in [-0.1, -0.05) is 60.7 Å². The highest BCUT2D eigenvalue weighted by atomic mass is 16.5. The van der Waals surface area contributed by atoms with Crippen molar-refractivity contribution in [3.05, 3.63) is 71.8 Å². The van der Waals surface area contributed by atoms with Crippen molar-refractivity contribution in [3.8, 4) is 0 Å². The fourth-order valence-electron chi connectivity index (χ4n) is 2.81. The molecule has 1 saturated heterocycles. The summed E-state index contributed by atoms with van der Waals surface area (Å²) in [7, 11) is 0. The summed E-state index contributed by atoms with van der Waals surface area (Å²) in [5.74, 6) is -0.00463. The van der Waals surface area contributed by atoms with Crippen LogP contribution in [-0.2, 0) is 20.9 Å². The van der Waals surface area contributed by atoms with Crippen LogP contribution in [-0.4, -0.2) is 25.7 Å². The number of amides is 1. The molecule has 0 aromatic heterocycles. The second kappa shape index (κ2) is 8.62. The lowest BCUT2D eigenvalue weighted by atomic mass is 10.0. The quantitative estimate of drug-likeness (QED) is 0.851. The van der Waals surface area contributed by atoms with Gasteiger partial charge in [-0.15, -0.1) is 0 Å². The monoisotopic (exact) mass is 325 g/mol. The summed E-state index contributed by atoms with van der Waals surface area (Å²) < 4.78 is 11.2. The van der Waals surface area contributed by atoms with Crippen molar-refractivity contribution in [2.45, 2.75) is 19.1 Å². The van der Waals surface area contributed by atoms with E-state index in [1.807, 2.05) is 60.7 Å². The molecule has 4 heteroatoms. The Morgan fingerprint density at radius 3 is 2.50 bits per heavy atom. The van der Waals surface area contributed by atoms with Gasteiger partial charge in [0.25, 0.3) is 0 Å². The van der Waals surface area contributed by atoms with Gasteiger partial charge in [0, 0.05) is 6.61 Å². The van der Waals surface area contributed by atoms with Crippen molar-refractivity contribution in [1.29, 1.82) is 0 Å². The summed E-state index contributed by atoms with van der Waals surface area (Å²) in [5, 5.41) is 3.12. The van der Waals surface area contributed by atoms with E-state index < -0.39 is 0 Å². The van der Waals surface area contributed by atoms with Gasteiger partial charge in [-0.3, -0.25) is 4.79 Å². The van der Waals surface area contributed by atoms with Crippen LogP contribution in [0.1, 0.15) is 23.6 Å². The minimum atomic E-state index is -0.150. The molecule has 1 amide bonds. The number of nitrogens with one attached hydrogen (secondary N) is 1. The Hall–Kier alpha value is -2.17. The van der Waals surface area contributed by atoms with Gasteiger partial charge in [-0.25, -0.2) is 0 Å². The molecule has 2 aromatic carbocycles. The molecule has 24 heavy (non-hydrogen) atoms. The van der Waals surface area contributed by atoms with Gasteiger partial charge in [-0.2, -0.15) is 0 Å². The molecule has 3 rings (SSSR count). The molecule has 4 nitrogen and oxygen atoms in total. The van der Waals surface area contributed by atoms with Gasteiger partial charge in [0.15, 0.2) is 0 Å². The maximum Gasteiger partial charge on any atom is 0.226 e. The predicted molar refractivity (Wildman–Crippen MR) is 92.3 cm³/mol. The normalized spacial score (nSPS) is 18.2. The molecule has 1 aliphatic heterocycles. The van der Waals surface area contributed by atoms with E-state index >= 15 is 0 Å². The van der Waals surface area contributed by atoms with Crippen molar-refractivity contribution >= 4 is 5.91 Å². The van der Waals surface area contributed by atoms with E-state index in [-0.39, 0.29) is 17.9 Å². The van der Waals surface area contributed by atoms with E-state index in [4.69, 9.17) is 9.47 Å². The number of carbonyl (C=O) groups is 1. The molecule has 0 aliphatic carbocycles. The molecule has 1 N–H and O–H groups in total. The first-order chi connectivity index (χ1) is 11.8. The van der Waals surface area contributed by atoms with Crippen LogP contribution >= 0.6 is 0 Å². The van der Waals surface area contributed by atoms with Crippen LogP contribution in [0.2, 0.25) is 0 Å². The van der Waals surface area contributed by atoms with Gasteiger partial charge < -0.3 is 14.8 Å². The summed E-state index contributed by atoms with van der Waals surface area (Å²) in [4.78, 5) is 12.4. The topological polar surface area (TPSA) is 47.6 Å². The first-order valence-electron chi connectivity index (χ1n) is 8.37. The summed E-state index contributed by atoms with van der Waals surface area (Å²) in [5.41, 5.74) is 2.18. The van der Waals surface area contributed by atoms with Crippen LogP contribution in [0.25, 0.3) is 0 Å². The Balaban J connectivity index is 1.60. The highest BCUT2D eigenvalue weighted by Gasteiger charge is 2.26. The second-order valence-corrected chi connectivity index (χ2v) is 6.03. The van der Waals surface area contributed by atoms with Crippen LogP contribution < -0.4 is 5.32 Å². The lowest BCUT2D eigenvalue weighted by Crippen LogP contribution is -2.36. The second-order valence-electron chi connectivity index (χ2n) is 6.03. The third-order valence-electron chi connectivity index (χ3n) is 4.21. The molecule has 0 radical (unpaired) electrons. The van der Waals surface area contributed by atoms with Crippen molar-refractivity contribution in [1.82, 2.24) is 5.32 Å². The molecule has 1 heterocycles. The number of benzene rings is 2. The van der Waals surface area contributed by atoms with E-state index in [0.29, 0.717) is 26.4 Å². The molecule has 2 aromatic rings. The molecule has 0 bridgehead atoms. The van der Waals surface area contributed by atoms with Crippen LogP contribution in [0.15, 0.2) is 60.7 Å². The van der Waals surface area contributed by atoms with Crippen molar-refractivity contribution in [2.24, 2.45) is 5.92 Å². The van der Waals surface area contributed by atoms with E-state index in [1.165, 1.54) is 0 Å². The highest BCUT2D eigenvalue weighted by molar-refractivity contribution is 5.79. The molecule has 2 atom stereocenters. The zero-order valence-corrected chi connectivity index (χ0v) is 13.7. The molecule has 1 aliphatic rings. The molecule has 0 unspecified atom stereocenters. The van der Waals surface area contributed by atoms with Crippen LogP contribution in [0, 0.1) is 5.92 Å². The summed E-state index contributed by atoms with van der Waals surface area (Å²) in [6, 6.07) is 19.8. The van der Waals surface area contributed by atoms with Gasteiger partial charge in [0.2, 0.25) is 5.91 Å². The largest absolute Gasteiger partial charge is 0.381 e. The molecule has 1 fully saturated rings. The Morgan fingerprint density at radius 1 is 1.12 bits per heavy atom. The van der Waals surface area contributed by atoms with Crippen LogP contribution in [0.3, 0.4) is 0 Å². The molecular weight excluding hydrogens is 302 g/mol. The van der Waals surface area contributed by atoms with Gasteiger partial charge in [0.1, 0.15) is 0 Å². The maximum absolute atomic E-state index is 12.4. The van der Waals surface area contributed by atoms with Crippen LogP contribution in [0.4, 0.5) is 0 Å². The maximum atomic E-state index is 12.4. The Kier molecular flexibility index (Phi) is 5.99. The van der Waals surface area contributed by atoms with Gasteiger partial charge in [-0.05, 0) is 17.5 Å². The summed E-state index contributed by atoms with van der Waals surface area (Å²) in [6.45, 7) is 2.15. The summed E-state index contributed by atoms with van der Waals surface area (Å²) in [6.07, 6.45) is 0.790. The average molecular weight is 325 g/mol. The van der Waals surface area contributed by atoms with Crippen LogP contribution in [0.5, 0.6) is 0 Å². The van der Waals surface area contributed by atoms with Gasteiger partial charge in [0.05, 0.1) is 31.8 Å². The summed E-state index contributed by atoms with van der Waals surface area (Å²) >= 11 is 0. The minimum Gasteiger partial charge on any atom is -0.381 e. The van der Waals surface area contributed by atoms with E-state index in [0.717, 1.165) is 17.5 Å². The van der Waals surface area contributed by atoms with Gasteiger partial charge >= 0.3 is 0 Å². The fraction of sp³-hybridized carbons (Fsp3) is 0.350. The lowest BCUT2D eigenvalue weighted by molar-refractivity contribution is -0.126. The highest BCUT2D eigenvalue weighted by Crippen LogP contribution is 2.18. The third kappa shape index (κ3) is 4.66. The zero-order chi connectivity index (χ0) is 16.6. The van der Waals surface area contributed by atoms with Crippen molar-refractivity contribution in [2.75, 3.05) is 19.8 Å². The third-order valence-corrected chi connectivity index (χ3v) is 4.21. The standard InChI is InChI=1S/C20H23NO3/c22-20(18-11-12-23-14-18)21-19(17-9-5-2-6-10-17)15-24-13-16-7-3-1-4-8-16/h1-10,18-19H,11-15H2,(H,21,22)/t18-,19-/m1/s1. The zero-order valence-electron chi connectivity index (χ0n) is 13.7. The predicted octanol–water partition coefficient (Wildman–Crippen LogP) is 3.10. The smallest absolute Gasteiger partial charge is 0.226 e. The first-order valence-corrected chi connectivity index (χ1v) is 8.37. The number of carbonyl (C=O) groups excluding carboxylic acids is 1. The number of ether oxygens (including phenoxy) is 2. The van der Waals surface area contributed by atoms with E-state index in [1.54, 1.807) is 0 Å². The molecule has 0 spiro atoms. The van der Waals surface area contributed by atoms with E-state index in [9.17, 15) is 4.79 Å². The number of hydrogen-bond acceptors (Lipinski definition) is 3. The average Bonchev–Trinajstić information content (AvgIpc) is 3.17. The first kappa shape index (κ1) is 16.7. The minimum absolute atomic E-state index is 0.0460. The molecule has 0 saturated carbocycles.